The van der Waals surface area contributed by atoms with Gasteiger partial charge in [-0.05, 0) is 37.8 Å². The van der Waals surface area contributed by atoms with Gasteiger partial charge in [0.2, 0.25) is 0 Å². The lowest BCUT2D eigenvalue weighted by molar-refractivity contribution is -0.114. The Morgan fingerprint density at radius 3 is 2.74 bits per heavy atom. The van der Waals surface area contributed by atoms with E-state index in [-0.39, 0.29) is 11.7 Å². The maximum Gasteiger partial charge on any atom is 0.299 e. The predicted octanol–water partition coefficient (Wildman–Crippen LogP) is 3.27. The summed E-state index contributed by atoms with van der Waals surface area (Å²) in [5.41, 5.74) is 2.35. The lowest BCUT2D eigenvalue weighted by Gasteiger charge is -2.18. The molecule has 0 aromatic heterocycles. The van der Waals surface area contributed by atoms with Gasteiger partial charge in [-0.2, -0.15) is 0 Å². The first-order valence-corrected chi connectivity index (χ1v) is 6.73. The Labute approximate surface area is 113 Å². The van der Waals surface area contributed by atoms with Crippen LogP contribution in [0.15, 0.2) is 30.9 Å². The number of benzene rings is 1. The molecular weight excluding hydrogens is 238 g/mol. The highest BCUT2D eigenvalue weighted by molar-refractivity contribution is 6.52. The first-order chi connectivity index (χ1) is 9.16. The van der Waals surface area contributed by atoms with Crippen LogP contribution < -0.4 is 4.90 Å². The Morgan fingerprint density at radius 1 is 1.21 bits per heavy atom. The summed E-state index contributed by atoms with van der Waals surface area (Å²) in [5, 5.41) is 0. The van der Waals surface area contributed by atoms with Crippen LogP contribution in [0, 0.1) is 6.92 Å². The molecule has 1 aromatic rings. The van der Waals surface area contributed by atoms with Crippen LogP contribution in [-0.4, -0.2) is 18.2 Å². The van der Waals surface area contributed by atoms with Gasteiger partial charge in [-0.1, -0.05) is 24.6 Å². The highest BCUT2D eigenvalue weighted by Gasteiger charge is 2.36. The zero-order chi connectivity index (χ0) is 13.8. The van der Waals surface area contributed by atoms with E-state index in [4.69, 9.17) is 0 Å². The Kier molecular flexibility index (Phi) is 4.15. The maximum absolute atomic E-state index is 12.0. The van der Waals surface area contributed by atoms with Gasteiger partial charge in [0.15, 0.2) is 0 Å². The minimum atomic E-state index is -0.381. The number of allylic oxidation sites excluding steroid dienone is 1. The molecule has 0 fully saturated rings. The second-order valence-electron chi connectivity index (χ2n) is 4.90. The number of unbranched alkanes of at least 4 members (excludes halogenated alkanes) is 3. The fourth-order valence-electron chi connectivity index (χ4n) is 2.49. The van der Waals surface area contributed by atoms with Crippen molar-refractivity contribution in [3.63, 3.8) is 0 Å². The summed E-state index contributed by atoms with van der Waals surface area (Å²) in [6.45, 7) is 6.25. The molecule has 1 aliphatic heterocycles. The van der Waals surface area contributed by atoms with Crippen molar-refractivity contribution in [2.75, 3.05) is 11.4 Å². The lowest BCUT2D eigenvalue weighted by Crippen LogP contribution is -2.31. The number of carbonyl (C=O) groups excluding carboxylic acids is 2. The van der Waals surface area contributed by atoms with Crippen LogP contribution in [0.2, 0.25) is 0 Å². The summed E-state index contributed by atoms with van der Waals surface area (Å²) in [7, 11) is 0. The van der Waals surface area contributed by atoms with Gasteiger partial charge in [-0.15, -0.1) is 6.58 Å². The van der Waals surface area contributed by atoms with Crippen molar-refractivity contribution in [2.45, 2.75) is 32.6 Å². The van der Waals surface area contributed by atoms with Crippen LogP contribution >= 0.6 is 0 Å². The van der Waals surface area contributed by atoms with Crippen molar-refractivity contribution in [3.05, 3.63) is 42.0 Å². The van der Waals surface area contributed by atoms with Crippen LogP contribution in [0.1, 0.15) is 41.6 Å². The van der Waals surface area contributed by atoms with Crippen LogP contribution in [0.5, 0.6) is 0 Å². The van der Waals surface area contributed by atoms with Crippen molar-refractivity contribution in [3.8, 4) is 0 Å². The number of ketones is 1. The summed E-state index contributed by atoms with van der Waals surface area (Å²) in [6.07, 6.45) is 5.96. The van der Waals surface area contributed by atoms with Gasteiger partial charge in [-0.3, -0.25) is 9.59 Å². The zero-order valence-corrected chi connectivity index (χ0v) is 11.3. The highest BCUT2D eigenvalue weighted by Crippen LogP contribution is 2.32. The van der Waals surface area contributed by atoms with E-state index in [1.807, 2.05) is 25.1 Å². The molecule has 3 nitrogen and oxygen atoms in total. The Hall–Kier alpha value is -1.90. The Morgan fingerprint density at radius 2 is 2.00 bits per heavy atom. The van der Waals surface area contributed by atoms with Gasteiger partial charge >= 0.3 is 0 Å². The van der Waals surface area contributed by atoms with Gasteiger partial charge in [0.25, 0.3) is 11.7 Å². The number of hydrogen-bond donors (Lipinski definition) is 0. The van der Waals surface area contributed by atoms with E-state index in [1.54, 1.807) is 11.0 Å². The second-order valence-corrected chi connectivity index (χ2v) is 4.90. The Balaban J connectivity index is 2.08. The molecule has 100 valence electrons. The SMILES string of the molecule is C=CCCCCCN1C(=O)C(=O)c2cccc(C)c21. The number of nitrogens with zero attached hydrogens (tertiary/aromatic N) is 1. The molecule has 0 radical (unpaired) electrons. The smallest absolute Gasteiger partial charge is 0.299 e. The molecule has 0 unspecified atom stereocenters. The zero-order valence-electron chi connectivity index (χ0n) is 11.3. The number of anilines is 1. The van der Waals surface area contributed by atoms with Gasteiger partial charge in [-0.25, -0.2) is 0 Å². The number of hydrogen-bond acceptors (Lipinski definition) is 2. The molecule has 0 spiro atoms. The number of para-hydroxylation sites is 1. The van der Waals surface area contributed by atoms with Crippen LogP contribution in [-0.2, 0) is 4.79 Å². The standard InChI is InChI=1S/C16H19NO2/c1-3-4-5-6-7-11-17-14-12(2)9-8-10-13(14)15(18)16(17)19/h3,8-10H,1,4-7,11H2,2H3. The molecule has 1 amide bonds. The first-order valence-electron chi connectivity index (χ1n) is 6.73. The fraction of sp³-hybridized carbons (Fsp3) is 0.375. The van der Waals surface area contributed by atoms with E-state index in [0.29, 0.717) is 12.1 Å². The summed E-state index contributed by atoms with van der Waals surface area (Å²) in [6, 6.07) is 5.50. The fourth-order valence-corrected chi connectivity index (χ4v) is 2.49. The van der Waals surface area contributed by atoms with Gasteiger partial charge < -0.3 is 4.90 Å². The molecule has 0 saturated carbocycles. The number of aryl methyl sites for hydroxylation is 1. The number of rotatable bonds is 6. The predicted molar refractivity (Wildman–Crippen MR) is 76.5 cm³/mol. The molecule has 3 heteroatoms. The van der Waals surface area contributed by atoms with E-state index in [2.05, 4.69) is 6.58 Å². The maximum atomic E-state index is 12.0. The first kappa shape index (κ1) is 13.5. The van der Waals surface area contributed by atoms with E-state index in [9.17, 15) is 9.59 Å². The monoisotopic (exact) mass is 257 g/mol. The molecule has 19 heavy (non-hydrogen) atoms. The van der Waals surface area contributed by atoms with Crippen LogP contribution in [0.4, 0.5) is 5.69 Å². The van der Waals surface area contributed by atoms with Crippen molar-refractivity contribution >= 4 is 17.4 Å². The summed E-state index contributed by atoms with van der Waals surface area (Å²) in [4.78, 5) is 25.5. The van der Waals surface area contributed by atoms with E-state index in [1.165, 1.54) is 0 Å². The number of fused-ring (bicyclic) bond motifs is 1. The number of carbonyl (C=O) groups is 2. The second kappa shape index (κ2) is 5.83. The van der Waals surface area contributed by atoms with Crippen molar-refractivity contribution in [2.24, 2.45) is 0 Å². The quantitative estimate of drug-likeness (QED) is 0.445. The van der Waals surface area contributed by atoms with E-state index in [0.717, 1.165) is 36.9 Å². The largest absolute Gasteiger partial charge is 0.304 e. The topological polar surface area (TPSA) is 37.4 Å². The summed E-state index contributed by atoms with van der Waals surface area (Å²) in [5.74, 6) is -0.752. The molecule has 0 aliphatic carbocycles. The third kappa shape index (κ3) is 2.60. The Bertz CT molecular complexity index is 519. The average Bonchev–Trinajstić information content (AvgIpc) is 2.65. The normalized spacial score (nSPS) is 13.8. The van der Waals surface area contributed by atoms with Gasteiger partial charge in [0.05, 0.1) is 11.3 Å². The molecule has 1 heterocycles. The molecular formula is C16H19NO2. The minimum Gasteiger partial charge on any atom is -0.304 e. The van der Waals surface area contributed by atoms with Gasteiger partial charge in [0, 0.05) is 6.54 Å². The van der Waals surface area contributed by atoms with Crippen LogP contribution in [0.25, 0.3) is 0 Å². The number of Topliss-reactive ketones (excluding diaryl/α,β-unsaturated/α-hetero) is 1. The average molecular weight is 257 g/mol. The van der Waals surface area contributed by atoms with Crippen molar-refractivity contribution in [1.82, 2.24) is 0 Å². The summed E-state index contributed by atoms with van der Waals surface area (Å²) < 4.78 is 0. The molecule has 0 N–H and O–H groups in total. The third-order valence-corrected chi connectivity index (χ3v) is 3.48. The summed E-state index contributed by atoms with van der Waals surface area (Å²) >= 11 is 0. The molecule has 1 aliphatic rings. The highest BCUT2D eigenvalue weighted by atomic mass is 16.2. The van der Waals surface area contributed by atoms with E-state index < -0.39 is 0 Å². The minimum absolute atomic E-state index is 0.371. The molecule has 0 saturated heterocycles. The lowest BCUT2D eigenvalue weighted by atomic mass is 10.1. The van der Waals surface area contributed by atoms with E-state index >= 15 is 0 Å². The van der Waals surface area contributed by atoms with Crippen molar-refractivity contribution < 1.29 is 9.59 Å². The van der Waals surface area contributed by atoms with Crippen LogP contribution in [0.3, 0.4) is 0 Å². The third-order valence-electron chi connectivity index (χ3n) is 3.48. The van der Waals surface area contributed by atoms with Crippen molar-refractivity contribution in [1.29, 1.82) is 0 Å². The van der Waals surface area contributed by atoms with Gasteiger partial charge in [0.1, 0.15) is 0 Å². The molecule has 0 bridgehead atoms. The molecule has 2 rings (SSSR count). The number of amides is 1. The molecule has 0 atom stereocenters. The molecule has 1 aromatic carbocycles.